The Hall–Kier alpha value is -0.260. The van der Waals surface area contributed by atoms with Gasteiger partial charge in [0.25, 0.3) is 0 Å². The smallest absolute Gasteiger partial charge is 0.134 e. The average molecular weight is 382 g/mol. The van der Waals surface area contributed by atoms with Crippen LogP contribution in [-0.2, 0) is 0 Å². The number of rotatable bonds is 8. The molecule has 0 aliphatic rings. The van der Waals surface area contributed by atoms with E-state index < -0.39 is 0 Å². The Bertz CT molecular complexity index is 369. The summed E-state index contributed by atoms with van der Waals surface area (Å²) in [6.45, 7) is 0.959. The van der Waals surface area contributed by atoms with Crippen molar-refractivity contribution >= 4 is 31.9 Å². The second-order valence-corrected chi connectivity index (χ2v) is 5.61. The number of aliphatic hydroxyl groups excluding tert-OH is 1. The molecule has 0 aliphatic heterocycles. The summed E-state index contributed by atoms with van der Waals surface area (Å²) in [5, 5.41) is 8.66. The highest BCUT2D eigenvalue weighted by atomic mass is 79.9. The molecule has 3 nitrogen and oxygen atoms in total. The van der Waals surface area contributed by atoms with E-state index in [1.807, 2.05) is 12.1 Å². The van der Waals surface area contributed by atoms with Crippen molar-refractivity contribution in [2.75, 3.05) is 20.3 Å². The first-order valence-corrected chi connectivity index (χ1v) is 7.54. The Morgan fingerprint density at radius 2 is 1.61 bits per heavy atom. The van der Waals surface area contributed by atoms with Crippen molar-refractivity contribution in [1.82, 2.24) is 0 Å². The first-order valence-electron chi connectivity index (χ1n) is 5.95. The fraction of sp³-hybridized carbons (Fsp3) is 0.538. The topological polar surface area (TPSA) is 38.7 Å². The molecule has 0 fully saturated rings. The SMILES string of the molecule is COc1cc(Br)c(OCCCCCCO)cc1Br. The van der Waals surface area contributed by atoms with Gasteiger partial charge in [0.15, 0.2) is 0 Å². The Labute approximate surface area is 125 Å². The predicted octanol–water partition coefficient (Wildman–Crippen LogP) is 4.15. The molecule has 1 N–H and O–H groups in total. The van der Waals surface area contributed by atoms with Gasteiger partial charge >= 0.3 is 0 Å². The third-order valence-corrected chi connectivity index (χ3v) is 3.76. The second kappa shape index (κ2) is 8.77. The quantitative estimate of drug-likeness (QED) is 0.687. The molecule has 0 saturated heterocycles. The molecule has 0 radical (unpaired) electrons. The van der Waals surface area contributed by atoms with Gasteiger partial charge < -0.3 is 14.6 Å². The van der Waals surface area contributed by atoms with Crippen LogP contribution in [0, 0.1) is 0 Å². The Morgan fingerprint density at radius 3 is 2.28 bits per heavy atom. The van der Waals surface area contributed by atoms with E-state index in [-0.39, 0.29) is 6.61 Å². The highest BCUT2D eigenvalue weighted by molar-refractivity contribution is 9.11. The van der Waals surface area contributed by atoms with Gasteiger partial charge in [-0.05, 0) is 63.3 Å². The zero-order valence-electron chi connectivity index (χ0n) is 10.4. The minimum Gasteiger partial charge on any atom is -0.496 e. The molecule has 0 bridgehead atoms. The van der Waals surface area contributed by atoms with Crippen LogP contribution in [0.25, 0.3) is 0 Å². The van der Waals surface area contributed by atoms with E-state index in [9.17, 15) is 0 Å². The first-order chi connectivity index (χ1) is 8.69. The third kappa shape index (κ3) is 5.16. The zero-order valence-corrected chi connectivity index (χ0v) is 13.6. The minimum atomic E-state index is 0.276. The average Bonchev–Trinajstić information content (AvgIpc) is 2.37. The van der Waals surface area contributed by atoms with Crippen molar-refractivity contribution < 1.29 is 14.6 Å². The fourth-order valence-electron chi connectivity index (χ4n) is 1.53. The molecule has 0 spiro atoms. The number of benzene rings is 1. The summed E-state index contributed by atoms with van der Waals surface area (Å²) < 4.78 is 12.7. The maximum absolute atomic E-state index is 8.66. The molecule has 1 aromatic carbocycles. The van der Waals surface area contributed by atoms with Crippen molar-refractivity contribution in [3.63, 3.8) is 0 Å². The third-order valence-electron chi connectivity index (χ3n) is 2.52. The van der Waals surface area contributed by atoms with Gasteiger partial charge in [0, 0.05) is 6.61 Å². The minimum absolute atomic E-state index is 0.276. The Morgan fingerprint density at radius 1 is 1.00 bits per heavy atom. The summed E-state index contributed by atoms with van der Waals surface area (Å²) >= 11 is 6.89. The Kier molecular flexibility index (Phi) is 7.70. The highest BCUT2D eigenvalue weighted by Crippen LogP contribution is 2.36. The number of hydrogen-bond acceptors (Lipinski definition) is 3. The molecule has 0 atom stereocenters. The standard InChI is InChI=1S/C13H18Br2O3/c1-17-12-8-11(15)13(9-10(12)14)18-7-5-3-2-4-6-16/h8-9,16H,2-7H2,1H3. The summed E-state index contributed by atoms with van der Waals surface area (Å²) in [6.07, 6.45) is 4.00. The van der Waals surface area contributed by atoms with Crippen LogP contribution >= 0.6 is 31.9 Å². The van der Waals surface area contributed by atoms with Crippen LogP contribution in [0.3, 0.4) is 0 Å². The van der Waals surface area contributed by atoms with Crippen molar-refractivity contribution in [2.45, 2.75) is 25.7 Å². The number of unbranched alkanes of at least 4 members (excludes halogenated alkanes) is 3. The Balaban J connectivity index is 2.40. The van der Waals surface area contributed by atoms with Crippen LogP contribution in [0.4, 0.5) is 0 Å². The molecule has 1 rings (SSSR count). The number of ether oxygens (including phenoxy) is 2. The molecule has 0 aliphatic carbocycles. The van der Waals surface area contributed by atoms with E-state index in [1.165, 1.54) is 0 Å². The summed E-state index contributed by atoms with van der Waals surface area (Å²) in [7, 11) is 1.63. The zero-order chi connectivity index (χ0) is 13.4. The highest BCUT2D eigenvalue weighted by Gasteiger charge is 2.07. The molecule has 0 saturated carbocycles. The van der Waals surface area contributed by atoms with E-state index >= 15 is 0 Å². The molecule has 1 aromatic rings. The molecule has 0 aromatic heterocycles. The molecular formula is C13H18Br2O3. The van der Waals surface area contributed by atoms with E-state index in [0.29, 0.717) is 6.61 Å². The summed E-state index contributed by atoms with van der Waals surface area (Å²) in [6, 6.07) is 3.78. The molecular weight excluding hydrogens is 364 g/mol. The number of methoxy groups -OCH3 is 1. The van der Waals surface area contributed by atoms with Gasteiger partial charge in [-0.1, -0.05) is 6.42 Å². The van der Waals surface area contributed by atoms with Gasteiger partial charge in [0.1, 0.15) is 11.5 Å². The number of aliphatic hydroxyl groups is 1. The van der Waals surface area contributed by atoms with E-state index in [0.717, 1.165) is 46.1 Å². The lowest BCUT2D eigenvalue weighted by atomic mass is 10.2. The van der Waals surface area contributed by atoms with Gasteiger partial charge in [0.2, 0.25) is 0 Å². The van der Waals surface area contributed by atoms with Gasteiger partial charge in [0.05, 0.1) is 22.7 Å². The predicted molar refractivity (Wildman–Crippen MR) is 79.4 cm³/mol. The van der Waals surface area contributed by atoms with Gasteiger partial charge in [-0.3, -0.25) is 0 Å². The van der Waals surface area contributed by atoms with Crippen LogP contribution in [0.5, 0.6) is 11.5 Å². The maximum Gasteiger partial charge on any atom is 0.134 e. The molecule has 18 heavy (non-hydrogen) atoms. The van der Waals surface area contributed by atoms with Crippen LogP contribution in [0.2, 0.25) is 0 Å². The normalized spacial score (nSPS) is 10.4. The first kappa shape index (κ1) is 15.8. The summed E-state index contributed by atoms with van der Waals surface area (Å²) in [5.74, 6) is 1.59. The maximum atomic E-state index is 8.66. The van der Waals surface area contributed by atoms with Crippen LogP contribution < -0.4 is 9.47 Å². The van der Waals surface area contributed by atoms with Crippen molar-refractivity contribution in [1.29, 1.82) is 0 Å². The lowest BCUT2D eigenvalue weighted by Crippen LogP contribution is -1.99. The van der Waals surface area contributed by atoms with Gasteiger partial charge in [-0.25, -0.2) is 0 Å². The fourth-order valence-corrected chi connectivity index (χ4v) is 2.45. The van der Waals surface area contributed by atoms with Crippen molar-refractivity contribution in [2.24, 2.45) is 0 Å². The monoisotopic (exact) mass is 380 g/mol. The van der Waals surface area contributed by atoms with E-state index in [4.69, 9.17) is 14.6 Å². The second-order valence-electron chi connectivity index (χ2n) is 3.90. The summed E-state index contributed by atoms with van der Waals surface area (Å²) in [4.78, 5) is 0. The number of hydrogen-bond donors (Lipinski definition) is 1. The molecule has 0 unspecified atom stereocenters. The molecule has 0 heterocycles. The molecule has 102 valence electrons. The van der Waals surface area contributed by atoms with Crippen LogP contribution in [-0.4, -0.2) is 25.4 Å². The van der Waals surface area contributed by atoms with Crippen LogP contribution in [0.15, 0.2) is 21.1 Å². The molecule has 5 heteroatoms. The van der Waals surface area contributed by atoms with Gasteiger partial charge in [-0.2, -0.15) is 0 Å². The summed E-state index contributed by atoms with van der Waals surface area (Å²) in [5.41, 5.74) is 0. The van der Waals surface area contributed by atoms with Crippen molar-refractivity contribution in [3.05, 3.63) is 21.1 Å². The van der Waals surface area contributed by atoms with Gasteiger partial charge in [-0.15, -0.1) is 0 Å². The van der Waals surface area contributed by atoms with E-state index in [2.05, 4.69) is 31.9 Å². The molecule has 0 amide bonds. The largest absolute Gasteiger partial charge is 0.496 e. The lowest BCUT2D eigenvalue weighted by molar-refractivity contribution is 0.273. The number of halogens is 2. The van der Waals surface area contributed by atoms with E-state index in [1.54, 1.807) is 7.11 Å². The lowest BCUT2D eigenvalue weighted by Gasteiger charge is -2.11. The van der Waals surface area contributed by atoms with Crippen molar-refractivity contribution in [3.8, 4) is 11.5 Å². The van der Waals surface area contributed by atoms with Crippen LogP contribution in [0.1, 0.15) is 25.7 Å².